The van der Waals surface area contributed by atoms with E-state index < -0.39 is 10.0 Å². The van der Waals surface area contributed by atoms with Gasteiger partial charge in [-0.25, -0.2) is 13.1 Å². The van der Waals surface area contributed by atoms with E-state index in [0.717, 1.165) is 25.9 Å². The Hall–Kier alpha value is -0.470. The van der Waals surface area contributed by atoms with Crippen LogP contribution < -0.4 is 4.72 Å². The van der Waals surface area contributed by atoms with Crippen LogP contribution in [0.3, 0.4) is 0 Å². The molecule has 1 saturated heterocycles. The van der Waals surface area contributed by atoms with Gasteiger partial charge in [-0.2, -0.15) is 0 Å². The highest BCUT2D eigenvalue weighted by Gasteiger charge is 2.19. The molecule has 1 atom stereocenters. The van der Waals surface area contributed by atoms with Gasteiger partial charge in [0.1, 0.15) is 0 Å². The Kier molecular flexibility index (Phi) is 6.19. The van der Waals surface area contributed by atoms with Crippen molar-refractivity contribution in [1.29, 1.82) is 0 Å². The third-order valence-electron chi connectivity index (χ3n) is 3.50. The van der Waals surface area contributed by atoms with Crippen LogP contribution in [0.15, 0.2) is 27.6 Å². The minimum Gasteiger partial charge on any atom is -0.392 e. The van der Waals surface area contributed by atoms with Gasteiger partial charge in [0.25, 0.3) is 0 Å². The second-order valence-corrected chi connectivity index (χ2v) is 7.69. The molecule has 1 unspecified atom stereocenters. The maximum absolute atomic E-state index is 12.3. The average molecular weight is 378 g/mol. The number of nitrogens with one attached hydrogen (secondary N) is 1. The summed E-state index contributed by atoms with van der Waals surface area (Å²) in [6.45, 7) is 0.927. The molecule has 0 aromatic heterocycles. The monoisotopic (exact) mass is 377 g/mol. The summed E-state index contributed by atoms with van der Waals surface area (Å²) in [6, 6.07) is 4.78. The molecule has 0 amide bonds. The van der Waals surface area contributed by atoms with E-state index in [-0.39, 0.29) is 17.6 Å². The minimum atomic E-state index is -3.59. The largest absolute Gasteiger partial charge is 0.392 e. The van der Waals surface area contributed by atoms with E-state index in [0.29, 0.717) is 23.0 Å². The van der Waals surface area contributed by atoms with Gasteiger partial charge in [0.15, 0.2) is 0 Å². The van der Waals surface area contributed by atoms with E-state index in [1.165, 1.54) is 6.07 Å². The third kappa shape index (κ3) is 4.75. The first-order valence-electron chi connectivity index (χ1n) is 7.03. The van der Waals surface area contributed by atoms with Gasteiger partial charge >= 0.3 is 0 Å². The van der Waals surface area contributed by atoms with E-state index in [1.807, 2.05) is 0 Å². The number of halogens is 1. The summed E-state index contributed by atoms with van der Waals surface area (Å²) in [7, 11) is -3.59. The molecule has 118 valence electrons. The van der Waals surface area contributed by atoms with Crippen molar-refractivity contribution < 1.29 is 18.3 Å². The van der Waals surface area contributed by atoms with Gasteiger partial charge in [0.05, 0.1) is 17.6 Å². The zero-order chi connectivity index (χ0) is 15.3. The fourth-order valence-corrected chi connectivity index (χ4v) is 4.38. The molecule has 7 heteroatoms. The predicted molar refractivity (Wildman–Crippen MR) is 83.5 cm³/mol. The van der Waals surface area contributed by atoms with Crippen molar-refractivity contribution in [2.75, 3.05) is 13.2 Å². The van der Waals surface area contributed by atoms with Crippen molar-refractivity contribution in [3.8, 4) is 0 Å². The van der Waals surface area contributed by atoms with E-state index >= 15 is 0 Å². The van der Waals surface area contributed by atoms with Gasteiger partial charge < -0.3 is 9.84 Å². The first kappa shape index (κ1) is 16.9. The molecule has 21 heavy (non-hydrogen) atoms. The molecular formula is C14H20BrNO4S. The maximum atomic E-state index is 12.3. The number of aliphatic hydroxyl groups is 1. The molecule has 0 aliphatic carbocycles. The first-order chi connectivity index (χ1) is 10.0. The first-order valence-corrected chi connectivity index (χ1v) is 9.31. The van der Waals surface area contributed by atoms with Crippen LogP contribution in [0.2, 0.25) is 0 Å². The zero-order valence-electron chi connectivity index (χ0n) is 11.7. The fraction of sp³-hybridized carbons (Fsp3) is 0.571. The molecular weight excluding hydrogens is 358 g/mol. The SMILES string of the molecule is O=S(=O)(NCCC1CCCCO1)c1cc(CO)ccc1Br. The van der Waals surface area contributed by atoms with E-state index in [2.05, 4.69) is 20.7 Å². The van der Waals surface area contributed by atoms with Crippen LogP contribution in [0.25, 0.3) is 0 Å². The lowest BCUT2D eigenvalue weighted by molar-refractivity contribution is 0.0123. The van der Waals surface area contributed by atoms with Gasteiger partial charge in [0, 0.05) is 17.6 Å². The number of sulfonamides is 1. The molecule has 1 fully saturated rings. The smallest absolute Gasteiger partial charge is 0.241 e. The molecule has 2 rings (SSSR count). The summed E-state index contributed by atoms with van der Waals surface area (Å²) in [6.07, 6.45) is 4.04. The van der Waals surface area contributed by atoms with Crippen molar-refractivity contribution in [2.45, 2.75) is 43.3 Å². The van der Waals surface area contributed by atoms with Crippen LogP contribution in [0.4, 0.5) is 0 Å². The lowest BCUT2D eigenvalue weighted by Gasteiger charge is -2.22. The molecule has 1 aromatic carbocycles. The number of hydrogen-bond acceptors (Lipinski definition) is 4. The number of hydrogen-bond donors (Lipinski definition) is 2. The lowest BCUT2D eigenvalue weighted by atomic mass is 10.1. The van der Waals surface area contributed by atoms with Crippen molar-refractivity contribution in [2.24, 2.45) is 0 Å². The summed E-state index contributed by atoms with van der Waals surface area (Å²) in [5.74, 6) is 0. The van der Waals surface area contributed by atoms with Crippen molar-refractivity contribution in [3.63, 3.8) is 0 Å². The molecule has 0 saturated carbocycles. The number of ether oxygens (including phenoxy) is 1. The summed E-state index contributed by atoms with van der Waals surface area (Å²) >= 11 is 3.24. The van der Waals surface area contributed by atoms with Crippen LogP contribution >= 0.6 is 15.9 Å². The summed E-state index contributed by atoms with van der Waals surface area (Å²) in [4.78, 5) is 0.151. The standard InChI is InChI=1S/C14H20BrNO4S/c15-13-5-4-11(10-17)9-14(13)21(18,19)16-7-6-12-3-1-2-8-20-12/h4-5,9,12,16-17H,1-3,6-8,10H2. The zero-order valence-corrected chi connectivity index (χ0v) is 14.1. The number of rotatable bonds is 6. The van der Waals surface area contributed by atoms with Gasteiger partial charge in [-0.1, -0.05) is 6.07 Å². The predicted octanol–water partition coefficient (Wildman–Crippen LogP) is 2.18. The molecule has 0 spiro atoms. The molecule has 0 radical (unpaired) electrons. The Balaban J connectivity index is 1.97. The molecule has 5 nitrogen and oxygen atoms in total. The van der Waals surface area contributed by atoms with Crippen LogP contribution in [0.1, 0.15) is 31.2 Å². The summed E-state index contributed by atoms with van der Waals surface area (Å²) in [5.41, 5.74) is 0.564. The Labute approximate surface area is 133 Å². The third-order valence-corrected chi connectivity index (χ3v) is 5.96. The van der Waals surface area contributed by atoms with Crippen LogP contribution in [-0.4, -0.2) is 32.8 Å². The Bertz CT molecular complexity index is 570. The summed E-state index contributed by atoms with van der Waals surface area (Å²) < 4.78 is 33.3. The van der Waals surface area contributed by atoms with Crippen molar-refractivity contribution >= 4 is 26.0 Å². The van der Waals surface area contributed by atoms with E-state index in [4.69, 9.17) is 9.84 Å². The highest BCUT2D eigenvalue weighted by molar-refractivity contribution is 9.10. The number of aliphatic hydroxyl groups excluding tert-OH is 1. The van der Waals surface area contributed by atoms with Crippen LogP contribution in [-0.2, 0) is 21.4 Å². The van der Waals surface area contributed by atoms with Gasteiger partial charge in [-0.05, 0) is 59.3 Å². The van der Waals surface area contributed by atoms with Crippen molar-refractivity contribution in [1.82, 2.24) is 4.72 Å². The molecule has 2 N–H and O–H groups in total. The average Bonchev–Trinajstić information content (AvgIpc) is 2.48. The highest BCUT2D eigenvalue weighted by atomic mass is 79.9. The Morgan fingerprint density at radius 3 is 2.86 bits per heavy atom. The van der Waals surface area contributed by atoms with Gasteiger partial charge in [-0.15, -0.1) is 0 Å². The van der Waals surface area contributed by atoms with Gasteiger partial charge in [0.2, 0.25) is 10.0 Å². The quantitative estimate of drug-likeness (QED) is 0.796. The Morgan fingerprint density at radius 1 is 1.38 bits per heavy atom. The molecule has 1 heterocycles. The molecule has 1 aromatic rings. The van der Waals surface area contributed by atoms with Gasteiger partial charge in [-0.3, -0.25) is 0 Å². The summed E-state index contributed by atoms with van der Waals surface area (Å²) in [5, 5.41) is 9.12. The minimum absolute atomic E-state index is 0.147. The molecule has 1 aliphatic rings. The van der Waals surface area contributed by atoms with Crippen molar-refractivity contribution in [3.05, 3.63) is 28.2 Å². The Morgan fingerprint density at radius 2 is 2.19 bits per heavy atom. The molecule has 1 aliphatic heterocycles. The normalized spacial score (nSPS) is 19.6. The topological polar surface area (TPSA) is 75.6 Å². The molecule has 0 bridgehead atoms. The van der Waals surface area contributed by atoms with E-state index in [1.54, 1.807) is 12.1 Å². The van der Waals surface area contributed by atoms with Crippen LogP contribution in [0.5, 0.6) is 0 Å². The highest BCUT2D eigenvalue weighted by Crippen LogP contribution is 2.23. The maximum Gasteiger partial charge on any atom is 0.241 e. The second-order valence-electron chi connectivity index (χ2n) is 5.10. The number of benzene rings is 1. The fourth-order valence-electron chi connectivity index (χ4n) is 2.32. The lowest BCUT2D eigenvalue weighted by Crippen LogP contribution is -2.29. The van der Waals surface area contributed by atoms with E-state index in [9.17, 15) is 8.42 Å². The second kappa shape index (κ2) is 7.69. The van der Waals surface area contributed by atoms with Crippen LogP contribution in [0, 0.1) is 0 Å².